The molecule has 0 heterocycles. The number of ether oxygens (including phenoxy) is 1. The molecule has 168 valence electrons. The first-order valence-corrected chi connectivity index (χ1v) is 11.2. The van der Waals surface area contributed by atoms with Gasteiger partial charge < -0.3 is 15.4 Å². The van der Waals surface area contributed by atoms with Crippen LogP contribution >= 0.6 is 0 Å². The molecule has 3 rings (SSSR count). The normalized spacial score (nSPS) is 15.9. The molecule has 32 heavy (non-hydrogen) atoms. The van der Waals surface area contributed by atoms with Crippen molar-refractivity contribution in [2.45, 2.75) is 47.5 Å². The molecule has 2 aromatic carbocycles. The molecule has 0 bridgehead atoms. The number of allylic oxidation sites excluding steroid dienone is 5. The summed E-state index contributed by atoms with van der Waals surface area (Å²) in [5, 5.41) is 0. The van der Waals surface area contributed by atoms with E-state index in [-0.39, 0.29) is 0 Å². The number of rotatable bonds is 8. The minimum atomic E-state index is 0.375. The average molecular weight is 431 g/mol. The molecule has 0 spiro atoms. The third-order valence-corrected chi connectivity index (χ3v) is 6.26. The third kappa shape index (κ3) is 4.64. The molecule has 0 aliphatic heterocycles. The van der Waals surface area contributed by atoms with Crippen molar-refractivity contribution in [1.82, 2.24) is 0 Å². The number of nitrogens with zero attached hydrogens (tertiary/aromatic N) is 1. The molecule has 0 saturated heterocycles. The van der Waals surface area contributed by atoms with Crippen LogP contribution in [0, 0.1) is 12.8 Å². The molecule has 1 aliphatic carbocycles. The van der Waals surface area contributed by atoms with Gasteiger partial charge >= 0.3 is 0 Å². The summed E-state index contributed by atoms with van der Waals surface area (Å²) in [6, 6.07) is 10.3. The second-order valence-corrected chi connectivity index (χ2v) is 8.49. The lowest BCUT2D eigenvalue weighted by Crippen LogP contribution is -2.12. The summed E-state index contributed by atoms with van der Waals surface area (Å²) in [5.41, 5.74) is 15.2. The van der Waals surface area contributed by atoms with Gasteiger partial charge in [0.25, 0.3) is 0 Å². The first-order valence-electron chi connectivity index (χ1n) is 11.2. The van der Waals surface area contributed by atoms with E-state index in [1.807, 2.05) is 12.1 Å². The van der Waals surface area contributed by atoms with Crippen molar-refractivity contribution in [2.75, 3.05) is 17.7 Å². The second kappa shape index (κ2) is 9.90. The number of carbonyl (C=O) groups is 1. The zero-order chi connectivity index (χ0) is 23.4. The lowest BCUT2D eigenvalue weighted by molar-refractivity contribution is 0.112. The van der Waals surface area contributed by atoms with Crippen molar-refractivity contribution in [2.24, 2.45) is 5.92 Å². The highest BCUT2D eigenvalue weighted by atomic mass is 16.5. The summed E-state index contributed by atoms with van der Waals surface area (Å²) >= 11 is 0. The number of carbonyl (C=O) groups excluding carboxylic acids is 1. The Bertz CT molecular complexity index is 1110. The van der Waals surface area contributed by atoms with Crippen LogP contribution in [0.25, 0.3) is 5.57 Å². The number of anilines is 3. The van der Waals surface area contributed by atoms with Gasteiger partial charge in [-0.1, -0.05) is 43.2 Å². The van der Waals surface area contributed by atoms with Gasteiger partial charge in [0, 0.05) is 23.6 Å². The van der Waals surface area contributed by atoms with Crippen molar-refractivity contribution in [3.63, 3.8) is 0 Å². The minimum absolute atomic E-state index is 0.375. The zero-order valence-corrected chi connectivity index (χ0v) is 20.0. The van der Waals surface area contributed by atoms with Gasteiger partial charge in [-0.15, -0.1) is 0 Å². The van der Waals surface area contributed by atoms with E-state index in [0.717, 1.165) is 36.1 Å². The van der Waals surface area contributed by atoms with Crippen molar-refractivity contribution < 1.29 is 9.53 Å². The number of aldehydes is 1. The molecule has 4 nitrogen and oxygen atoms in total. The Kier molecular flexibility index (Phi) is 7.24. The highest BCUT2D eigenvalue weighted by molar-refractivity contribution is 5.90. The monoisotopic (exact) mass is 430 g/mol. The molecule has 2 aromatic rings. The SMILES string of the molecule is CC/C(C)=C\N(c1cc(N)c(C=O)c(OC)c1)c1ccc(C2=CC(CC)C(C)=C2)cc1C. The highest BCUT2D eigenvalue weighted by Crippen LogP contribution is 2.38. The number of methoxy groups -OCH3 is 1. The van der Waals surface area contributed by atoms with Crippen molar-refractivity contribution in [1.29, 1.82) is 0 Å². The van der Waals surface area contributed by atoms with Crippen LogP contribution in [-0.4, -0.2) is 13.4 Å². The van der Waals surface area contributed by atoms with Crippen LogP contribution in [0.2, 0.25) is 0 Å². The van der Waals surface area contributed by atoms with Crippen LogP contribution in [0.5, 0.6) is 5.75 Å². The Balaban J connectivity index is 2.10. The fourth-order valence-electron chi connectivity index (χ4n) is 4.14. The Morgan fingerprint density at radius 2 is 1.94 bits per heavy atom. The molecule has 0 saturated carbocycles. The van der Waals surface area contributed by atoms with Crippen LogP contribution in [0.3, 0.4) is 0 Å². The molecule has 0 fully saturated rings. The van der Waals surface area contributed by atoms with Gasteiger partial charge in [-0.25, -0.2) is 0 Å². The number of hydrogen-bond donors (Lipinski definition) is 1. The number of benzene rings is 2. The standard InChI is InChI=1S/C28H34N2O2/c1-7-18(3)16-30(24-14-26(29)25(17-31)28(15-24)32-6)27-10-9-22(12-20(27)5)23-11-19(4)21(8-2)13-23/h9-17,21H,7-8,29H2,1-6H3/b18-16-. The fourth-order valence-corrected chi connectivity index (χ4v) is 4.14. The Hall–Kier alpha value is -3.27. The van der Waals surface area contributed by atoms with Crippen molar-refractivity contribution in [3.8, 4) is 5.75 Å². The Labute approximate surface area is 192 Å². The van der Waals surface area contributed by atoms with E-state index < -0.39 is 0 Å². The first kappa shape index (κ1) is 23.4. The molecule has 0 amide bonds. The van der Waals surface area contributed by atoms with E-state index in [2.05, 4.69) is 76.1 Å². The summed E-state index contributed by atoms with van der Waals surface area (Å²) in [7, 11) is 1.55. The lowest BCUT2D eigenvalue weighted by atomic mass is 10.0. The number of nitrogens with two attached hydrogens (primary N) is 1. The molecule has 4 heteroatoms. The molecular formula is C28H34N2O2. The van der Waals surface area contributed by atoms with E-state index in [9.17, 15) is 4.79 Å². The smallest absolute Gasteiger partial charge is 0.155 e. The summed E-state index contributed by atoms with van der Waals surface area (Å²) in [6.07, 6.45) is 9.59. The van der Waals surface area contributed by atoms with Gasteiger partial charge in [0.15, 0.2) is 6.29 Å². The van der Waals surface area contributed by atoms with E-state index in [1.54, 1.807) is 7.11 Å². The molecular weight excluding hydrogens is 396 g/mol. The largest absolute Gasteiger partial charge is 0.496 e. The summed E-state index contributed by atoms with van der Waals surface area (Å²) in [6.45, 7) is 10.8. The highest BCUT2D eigenvalue weighted by Gasteiger charge is 2.18. The van der Waals surface area contributed by atoms with E-state index >= 15 is 0 Å². The number of aryl methyl sites for hydroxylation is 1. The van der Waals surface area contributed by atoms with Crippen molar-refractivity contribution >= 4 is 28.9 Å². The second-order valence-electron chi connectivity index (χ2n) is 8.49. The average Bonchev–Trinajstić information content (AvgIpc) is 3.17. The fraction of sp³-hybridized carbons (Fsp3) is 0.321. The Morgan fingerprint density at radius 1 is 1.19 bits per heavy atom. The maximum Gasteiger partial charge on any atom is 0.155 e. The quantitative estimate of drug-likeness (QED) is 0.355. The molecule has 0 aromatic heterocycles. The predicted molar refractivity (Wildman–Crippen MR) is 136 cm³/mol. The van der Waals surface area contributed by atoms with Gasteiger partial charge in [0.1, 0.15) is 5.75 Å². The summed E-state index contributed by atoms with van der Waals surface area (Å²) in [4.78, 5) is 13.6. The minimum Gasteiger partial charge on any atom is -0.496 e. The first-order chi connectivity index (χ1) is 15.3. The molecule has 1 unspecified atom stereocenters. The van der Waals surface area contributed by atoms with Gasteiger partial charge in [-0.2, -0.15) is 0 Å². The van der Waals surface area contributed by atoms with Crippen molar-refractivity contribution in [3.05, 3.63) is 76.5 Å². The number of nitrogen functional groups attached to an aromatic ring is 1. The predicted octanol–water partition coefficient (Wildman–Crippen LogP) is 7.22. The summed E-state index contributed by atoms with van der Waals surface area (Å²) < 4.78 is 5.45. The maximum atomic E-state index is 11.5. The Morgan fingerprint density at radius 3 is 2.50 bits per heavy atom. The molecule has 1 atom stereocenters. The topological polar surface area (TPSA) is 55.6 Å². The van der Waals surface area contributed by atoms with Gasteiger partial charge in [0.05, 0.1) is 18.4 Å². The third-order valence-electron chi connectivity index (χ3n) is 6.26. The summed E-state index contributed by atoms with van der Waals surface area (Å²) in [5.74, 6) is 1.00. The van der Waals surface area contributed by atoms with Crippen LogP contribution in [0.4, 0.5) is 17.1 Å². The molecule has 0 radical (unpaired) electrons. The van der Waals surface area contributed by atoms with Crippen LogP contribution < -0.4 is 15.4 Å². The van der Waals surface area contributed by atoms with Gasteiger partial charge in [0.2, 0.25) is 0 Å². The van der Waals surface area contributed by atoms with Crippen LogP contribution in [-0.2, 0) is 0 Å². The van der Waals surface area contributed by atoms with Crippen LogP contribution in [0.1, 0.15) is 62.0 Å². The van der Waals surface area contributed by atoms with E-state index in [1.165, 1.54) is 22.3 Å². The van der Waals surface area contributed by atoms with Crippen LogP contribution in [0.15, 0.2) is 59.8 Å². The van der Waals surface area contributed by atoms with E-state index in [4.69, 9.17) is 10.5 Å². The zero-order valence-electron chi connectivity index (χ0n) is 20.0. The van der Waals surface area contributed by atoms with Gasteiger partial charge in [-0.3, -0.25) is 4.79 Å². The number of hydrogen-bond acceptors (Lipinski definition) is 4. The molecule has 2 N–H and O–H groups in total. The van der Waals surface area contributed by atoms with Gasteiger partial charge in [-0.05, 0) is 74.4 Å². The maximum absolute atomic E-state index is 11.5. The lowest BCUT2D eigenvalue weighted by Gasteiger charge is -2.26. The molecule has 1 aliphatic rings. The van der Waals surface area contributed by atoms with E-state index in [0.29, 0.717) is 22.9 Å².